The Kier molecular flexibility index (Phi) is 8.54. The third kappa shape index (κ3) is 6.29. The van der Waals surface area contributed by atoms with Gasteiger partial charge in [0.1, 0.15) is 10.8 Å². The van der Waals surface area contributed by atoms with E-state index < -0.39 is 0 Å². The number of carbonyl (C=O) groups excluding carboxylic acids is 1. The van der Waals surface area contributed by atoms with Crippen LogP contribution in [0.1, 0.15) is 29.3 Å². The van der Waals surface area contributed by atoms with Crippen molar-refractivity contribution in [2.45, 2.75) is 25.2 Å². The van der Waals surface area contributed by atoms with Crippen molar-refractivity contribution in [2.75, 3.05) is 47.5 Å². The Morgan fingerprint density at radius 1 is 1.00 bits per heavy atom. The predicted molar refractivity (Wildman–Crippen MR) is 137 cm³/mol. The van der Waals surface area contributed by atoms with Gasteiger partial charge in [-0.1, -0.05) is 29.5 Å². The number of amides is 1. The van der Waals surface area contributed by atoms with Crippen molar-refractivity contribution in [3.05, 3.63) is 53.0 Å². The zero-order valence-electron chi connectivity index (χ0n) is 20.5. The van der Waals surface area contributed by atoms with Crippen LogP contribution < -0.4 is 19.5 Å². The standard InChI is InChI=1S/C26H32N4O4S/c1-32-21-7-5-4-6-20(21)26-29-28-25(35-26)19-11-14-30(15-12-19)17-24(31)27-13-10-18-8-9-22(33-2)23(16-18)34-3/h4-9,16,19H,10-15,17H2,1-3H3,(H,27,31). The molecule has 0 spiro atoms. The minimum absolute atomic E-state index is 0.0540. The Bertz CT molecular complexity index is 1130. The second kappa shape index (κ2) is 12.0. The van der Waals surface area contributed by atoms with Crippen LogP contribution in [0.4, 0.5) is 0 Å². The highest BCUT2D eigenvalue weighted by Gasteiger charge is 2.25. The lowest BCUT2D eigenvalue weighted by molar-refractivity contribution is -0.122. The molecule has 0 unspecified atom stereocenters. The molecular weight excluding hydrogens is 464 g/mol. The third-order valence-corrected chi connectivity index (χ3v) is 7.38. The van der Waals surface area contributed by atoms with Gasteiger partial charge < -0.3 is 19.5 Å². The Balaban J connectivity index is 1.22. The average Bonchev–Trinajstić information content (AvgIpc) is 3.39. The van der Waals surface area contributed by atoms with E-state index >= 15 is 0 Å². The molecule has 4 rings (SSSR count). The fourth-order valence-electron chi connectivity index (χ4n) is 4.31. The van der Waals surface area contributed by atoms with Crippen LogP contribution in [0, 0.1) is 0 Å². The van der Waals surface area contributed by atoms with Crippen molar-refractivity contribution in [2.24, 2.45) is 0 Å². The van der Waals surface area contributed by atoms with Crippen LogP contribution in [0.15, 0.2) is 42.5 Å². The number of piperidine rings is 1. The van der Waals surface area contributed by atoms with E-state index in [1.807, 2.05) is 42.5 Å². The van der Waals surface area contributed by atoms with E-state index in [9.17, 15) is 4.79 Å². The van der Waals surface area contributed by atoms with Gasteiger partial charge in [0, 0.05) is 12.5 Å². The van der Waals surface area contributed by atoms with E-state index in [0.717, 1.165) is 59.2 Å². The summed E-state index contributed by atoms with van der Waals surface area (Å²) in [6.45, 7) is 2.75. The summed E-state index contributed by atoms with van der Waals surface area (Å²) < 4.78 is 16.1. The number of nitrogens with zero attached hydrogens (tertiary/aromatic N) is 3. The van der Waals surface area contributed by atoms with Crippen LogP contribution in [-0.4, -0.2) is 68.5 Å². The van der Waals surface area contributed by atoms with Crippen LogP contribution in [0.3, 0.4) is 0 Å². The molecule has 1 amide bonds. The van der Waals surface area contributed by atoms with Gasteiger partial charge in [-0.25, -0.2) is 0 Å². The third-order valence-electron chi connectivity index (χ3n) is 6.27. The van der Waals surface area contributed by atoms with E-state index in [-0.39, 0.29) is 5.91 Å². The first-order valence-electron chi connectivity index (χ1n) is 11.8. The maximum atomic E-state index is 12.5. The fourth-order valence-corrected chi connectivity index (χ4v) is 5.35. The highest BCUT2D eigenvalue weighted by atomic mass is 32.1. The number of ether oxygens (including phenoxy) is 3. The Hall–Kier alpha value is -3.17. The van der Waals surface area contributed by atoms with Gasteiger partial charge in [0.15, 0.2) is 16.5 Å². The monoisotopic (exact) mass is 496 g/mol. The molecule has 35 heavy (non-hydrogen) atoms. The number of nitrogens with one attached hydrogen (secondary N) is 1. The molecule has 1 fully saturated rings. The van der Waals surface area contributed by atoms with Crippen molar-refractivity contribution < 1.29 is 19.0 Å². The van der Waals surface area contributed by atoms with Gasteiger partial charge in [-0.15, -0.1) is 10.2 Å². The number of hydrogen-bond donors (Lipinski definition) is 1. The number of hydrogen-bond acceptors (Lipinski definition) is 8. The highest BCUT2D eigenvalue weighted by Crippen LogP contribution is 2.36. The summed E-state index contributed by atoms with van der Waals surface area (Å²) in [5, 5.41) is 13.9. The molecule has 3 aromatic rings. The zero-order valence-corrected chi connectivity index (χ0v) is 21.3. The van der Waals surface area contributed by atoms with E-state index in [1.54, 1.807) is 32.7 Å². The second-order valence-corrected chi connectivity index (χ2v) is 9.49. The van der Waals surface area contributed by atoms with Crippen molar-refractivity contribution in [3.8, 4) is 27.8 Å². The first-order chi connectivity index (χ1) is 17.1. The first kappa shape index (κ1) is 24.9. The second-order valence-electron chi connectivity index (χ2n) is 8.49. The number of benzene rings is 2. The molecular formula is C26H32N4O4S. The molecule has 2 aromatic carbocycles. The largest absolute Gasteiger partial charge is 0.496 e. The topological polar surface area (TPSA) is 85.8 Å². The molecule has 1 saturated heterocycles. The van der Waals surface area contributed by atoms with Crippen molar-refractivity contribution in [1.82, 2.24) is 20.4 Å². The molecule has 186 valence electrons. The van der Waals surface area contributed by atoms with Crippen LogP contribution in [0.25, 0.3) is 10.6 Å². The summed E-state index contributed by atoms with van der Waals surface area (Å²) in [6, 6.07) is 13.7. The average molecular weight is 497 g/mol. The minimum atomic E-state index is 0.0540. The van der Waals surface area contributed by atoms with Crippen LogP contribution >= 0.6 is 11.3 Å². The summed E-state index contributed by atoms with van der Waals surface area (Å²) in [5.41, 5.74) is 2.06. The Labute approximate surface area is 210 Å². The van der Waals surface area contributed by atoms with Gasteiger partial charge in [0.25, 0.3) is 0 Å². The summed E-state index contributed by atoms with van der Waals surface area (Å²) >= 11 is 1.63. The van der Waals surface area contributed by atoms with Crippen molar-refractivity contribution in [3.63, 3.8) is 0 Å². The number of likely N-dealkylation sites (tertiary alicyclic amines) is 1. The molecule has 0 aliphatic carbocycles. The number of carbonyl (C=O) groups is 1. The summed E-state index contributed by atoms with van der Waals surface area (Å²) in [6.07, 6.45) is 2.68. The van der Waals surface area contributed by atoms with E-state index in [1.165, 1.54) is 0 Å². The zero-order chi connectivity index (χ0) is 24.6. The molecule has 0 atom stereocenters. The number of methoxy groups -OCH3 is 3. The predicted octanol–water partition coefficient (Wildman–Crippen LogP) is 3.77. The molecule has 0 bridgehead atoms. The lowest BCUT2D eigenvalue weighted by Gasteiger charge is -2.30. The number of aromatic nitrogens is 2. The summed E-state index contributed by atoms with van der Waals surface area (Å²) in [7, 11) is 4.91. The molecule has 1 aliphatic heterocycles. The van der Waals surface area contributed by atoms with Crippen molar-refractivity contribution in [1.29, 1.82) is 0 Å². The number of para-hydroxylation sites is 1. The lowest BCUT2D eigenvalue weighted by Crippen LogP contribution is -2.41. The Morgan fingerprint density at radius 3 is 2.49 bits per heavy atom. The molecule has 1 aliphatic rings. The van der Waals surface area contributed by atoms with Crippen molar-refractivity contribution >= 4 is 17.2 Å². The smallest absolute Gasteiger partial charge is 0.234 e. The minimum Gasteiger partial charge on any atom is -0.496 e. The normalized spacial score (nSPS) is 14.5. The van der Waals surface area contributed by atoms with Gasteiger partial charge >= 0.3 is 0 Å². The van der Waals surface area contributed by atoms with Gasteiger partial charge in [-0.3, -0.25) is 9.69 Å². The summed E-state index contributed by atoms with van der Waals surface area (Å²) in [5.74, 6) is 2.64. The van der Waals surface area contributed by atoms with E-state index in [4.69, 9.17) is 14.2 Å². The molecule has 9 heteroatoms. The SMILES string of the molecule is COc1ccc(CCNC(=O)CN2CCC(c3nnc(-c4ccccc4OC)s3)CC2)cc1OC. The molecule has 1 N–H and O–H groups in total. The quantitative estimate of drug-likeness (QED) is 0.457. The van der Waals surface area contributed by atoms with Crippen LogP contribution in [-0.2, 0) is 11.2 Å². The highest BCUT2D eigenvalue weighted by molar-refractivity contribution is 7.14. The number of rotatable bonds is 10. The first-order valence-corrected chi connectivity index (χ1v) is 12.6. The molecule has 8 nitrogen and oxygen atoms in total. The molecule has 0 radical (unpaired) electrons. The molecule has 2 heterocycles. The molecule has 0 saturated carbocycles. The molecule has 1 aromatic heterocycles. The lowest BCUT2D eigenvalue weighted by atomic mass is 9.98. The van der Waals surface area contributed by atoms with Crippen LogP contribution in [0.2, 0.25) is 0 Å². The fraction of sp³-hybridized carbons (Fsp3) is 0.423. The van der Waals surface area contributed by atoms with Gasteiger partial charge in [0.2, 0.25) is 5.91 Å². The summed E-state index contributed by atoms with van der Waals surface area (Å²) in [4.78, 5) is 14.7. The van der Waals surface area contributed by atoms with E-state index in [0.29, 0.717) is 30.5 Å². The maximum Gasteiger partial charge on any atom is 0.234 e. The van der Waals surface area contributed by atoms with Gasteiger partial charge in [-0.05, 0) is 62.2 Å². The van der Waals surface area contributed by atoms with Crippen LogP contribution in [0.5, 0.6) is 17.2 Å². The maximum absolute atomic E-state index is 12.5. The van der Waals surface area contributed by atoms with Gasteiger partial charge in [-0.2, -0.15) is 0 Å². The van der Waals surface area contributed by atoms with E-state index in [2.05, 4.69) is 20.4 Å². The Morgan fingerprint density at radius 2 is 1.74 bits per heavy atom. The van der Waals surface area contributed by atoms with Gasteiger partial charge in [0.05, 0.1) is 33.4 Å².